The van der Waals surface area contributed by atoms with Crippen molar-refractivity contribution in [3.63, 3.8) is 0 Å². The van der Waals surface area contributed by atoms with E-state index in [1.54, 1.807) is 0 Å². The van der Waals surface area contributed by atoms with Gasteiger partial charge in [0.1, 0.15) is 0 Å². The maximum atomic E-state index is 4.43. The Balaban J connectivity index is 1.99. The zero-order chi connectivity index (χ0) is 14.1. The standard InChI is InChI=1S/C15H15BrN4/c1-19(9-12-8-17-10-20(12)2)15-5-6-18-14-7-11(16)3-4-13(14)15/h3-8,10H,9H2,1-2H3. The lowest BCUT2D eigenvalue weighted by Crippen LogP contribution is -2.18. The first-order valence-electron chi connectivity index (χ1n) is 6.36. The van der Waals surface area contributed by atoms with Crippen LogP contribution in [-0.4, -0.2) is 21.6 Å². The molecule has 0 aliphatic rings. The molecule has 0 bridgehead atoms. The molecule has 0 aliphatic heterocycles. The number of pyridine rings is 1. The Morgan fingerprint density at radius 1 is 1.30 bits per heavy atom. The van der Waals surface area contributed by atoms with Crippen LogP contribution in [0.15, 0.2) is 47.5 Å². The van der Waals surface area contributed by atoms with E-state index in [4.69, 9.17) is 0 Å². The second kappa shape index (κ2) is 5.25. The summed E-state index contributed by atoms with van der Waals surface area (Å²) in [5, 5.41) is 1.15. The van der Waals surface area contributed by atoms with E-state index < -0.39 is 0 Å². The van der Waals surface area contributed by atoms with Gasteiger partial charge in [-0.1, -0.05) is 15.9 Å². The van der Waals surface area contributed by atoms with Crippen molar-refractivity contribution in [3.8, 4) is 0 Å². The quantitative estimate of drug-likeness (QED) is 0.738. The smallest absolute Gasteiger partial charge is 0.0946 e. The first-order chi connectivity index (χ1) is 9.65. The van der Waals surface area contributed by atoms with Crippen molar-refractivity contribution in [2.45, 2.75) is 6.54 Å². The van der Waals surface area contributed by atoms with Gasteiger partial charge in [0.15, 0.2) is 0 Å². The molecule has 0 spiro atoms. The van der Waals surface area contributed by atoms with E-state index in [9.17, 15) is 0 Å². The van der Waals surface area contributed by atoms with Crippen LogP contribution in [0.1, 0.15) is 5.69 Å². The third-order valence-corrected chi connectivity index (χ3v) is 3.90. The van der Waals surface area contributed by atoms with Crippen LogP contribution in [0.25, 0.3) is 10.9 Å². The van der Waals surface area contributed by atoms with Crippen LogP contribution in [0.2, 0.25) is 0 Å². The fraction of sp³-hybridized carbons (Fsp3) is 0.200. The third kappa shape index (κ3) is 2.41. The Bertz CT molecular complexity index is 750. The van der Waals surface area contributed by atoms with Crippen molar-refractivity contribution in [2.75, 3.05) is 11.9 Å². The van der Waals surface area contributed by atoms with E-state index in [0.717, 1.165) is 21.9 Å². The second-order valence-corrected chi connectivity index (χ2v) is 5.76. The van der Waals surface area contributed by atoms with Gasteiger partial charge < -0.3 is 9.47 Å². The van der Waals surface area contributed by atoms with Crippen LogP contribution in [0.3, 0.4) is 0 Å². The lowest BCUT2D eigenvalue weighted by molar-refractivity contribution is 0.789. The van der Waals surface area contributed by atoms with Crippen molar-refractivity contribution in [1.29, 1.82) is 0 Å². The monoisotopic (exact) mass is 330 g/mol. The molecule has 5 heteroatoms. The lowest BCUT2D eigenvalue weighted by atomic mass is 10.1. The summed E-state index contributed by atoms with van der Waals surface area (Å²) in [7, 11) is 4.10. The van der Waals surface area contributed by atoms with Crippen molar-refractivity contribution in [1.82, 2.24) is 14.5 Å². The molecule has 0 radical (unpaired) electrons. The second-order valence-electron chi connectivity index (χ2n) is 4.84. The van der Waals surface area contributed by atoms with Gasteiger partial charge in [0.25, 0.3) is 0 Å². The predicted molar refractivity (Wildman–Crippen MR) is 84.8 cm³/mol. The average molecular weight is 331 g/mol. The van der Waals surface area contributed by atoms with E-state index in [-0.39, 0.29) is 0 Å². The van der Waals surface area contributed by atoms with Gasteiger partial charge in [-0.05, 0) is 24.3 Å². The van der Waals surface area contributed by atoms with E-state index in [2.05, 4.69) is 43.9 Å². The van der Waals surface area contributed by atoms with Gasteiger partial charge in [-0.2, -0.15) is 0 Å². The lowest BCUT2D eigenvalue weighted by Gasteiger charge is -2.21. The molecule has 0 N–H and O–H groups in total. The molecular formula is C15H15BrN4. The molecule has 3 aromatic rings. The highest BCUT2D eigenvalue weighted by Gasteiger charge is 2.09. The van der Waals surface area contributed by atoms with Gasteiger partial charge in [0.05, 0.1) is 24.1 Å². The number of hydrogen-bond acceptors (Lipinski definition) is 3. The highest BCUT2D eigenvalue weighted by atomic mass is 79.9. The first-order valence-corrected chi connectivity index (χ1v) is 7.15. The van der Waals surface area contributed by atoms with Crippen LogP contribution >= 0.6 is 15.9 Å². The Morgan fingerprint density at radius 3 is 2.90 bits per heavy atom. The zero-order valence-corrected chi connectivity index (χ0v) is 13.0. The summed E-state index contributed by atoms with van der Waals surface area (Å²) in [6.07, 6.45) is 5.57. The molecule has 0 saturated heterocycles. The van der Waals surface area contributed by atoms with Crippen molar-refractivity contribution in [3.05, 3.63) is 53.2 Å². The highest BCUT2D eigenvalue weighted by molar-refractivity contribution is 9.10. The fourth-order valence-electron chi connectivity index (χ4n) is 2.30. The number of anilines is 1. The summed E-state index contributed by atoms with van der Waals surface area (Å²) in [6.45, 7) is 0.811. The van der Waals surface area contributed by atoms with Gasteiger partial charge in [0, 0.05) is 42.0 Å². The molecule has 1 aromatic carbocycles. The fourth-order valence-corrected chi connectivity index (χ4v) is 2.65. The maximum absolute atomic E-state index is 4.43. The van der Waals surface area contributed by atoms with E-state index in [0.29, 0.717) is 0 Å². The first kappa shape index (κ1) is 13.1. The van der Waals surface area contributed by atoms with Crippen molar-refractivity contribution < 1.29 is 0 Å². The summed E-state index contributed by atoms with van der Waals surface area (Å²) < 4.78 is 3.08. The van der Waals surface area contributed by atoms with Gasteiger partial charge >= 0.3 is 0 Å². The summed E-state index contributed by atoms with van der Waals surface area (Å²) in [6, 6.07) is 8.23. The zero-order valence-electron chi connectivity index (χ0n) is 11.4. The summed E-state index contributed by atoms with van der Waals surface area (Å²) in [5.41, 5.74) is 3.34. The van der Waals surface area contributed by atoms with Crippen LogP contribution in [0, 0.1) is 0 Å². The van der Waals surface area contributed by atoms with E-state index in [1.807, 2.05) is 48.5 Å². The van der Waals surface area contributed by atoms with Crippen LogP contribution in [-0.2, 0) is 13.6 Å². The number of imidazole rings is 1. The van der Waals surface area contributed by atoms with E-state index >= 15 is 0 Å². The summed E-state index contributed by atoms with van der Waals surface area (Å²) in [5.74, 6) is 0. The highest BCUT2D eigenvalue weighted by Crippen LogP contribution is 2.27. The molecule has 102 valence electrons. The van der Waals surface area contributed by atoms with Gasteiger partial charge in [-0.15, -0.1) is 0 Å². The molecule has 20 heavy (non-hydrogen) atoms. The minimum Gasteiger partial charge on any atom is -0.368 e. The average Bonchev–Trinajstić information content (AvgIpc) is 2.83. The van der Waals surface area contributed by atoms with Crippen molar-refractivity contribution in [2.24, 2.45) is 7.05 Å². The summed E-state index contributed by atoms with van der Waals surface area (Å²) in [4.78, 5) is 10.8. The Morgan fingerprint density at radius 2 is 2.15 bits per heavy atom. The number of fused-ring (bicyclic) bond motifs is 1. The normalized spacial score (nSPS) is 10.9. The van der Waals surface area contributed by atoms with Crippen molar-refractivity contribution >= 4 is 32.5 Å². The number of benzene rings is 1. The minimum absolute atomic E-state index is 0.811. The van der Waals surface area contributed by atoms with Crippen LogP contribution in [0.5, 0.6) is 0 Å². The van der Waals surface area contributed by atoms with Crippen LogP contribution < -0.4 is 4.90 Å². The molecule has 2 aromatic heterocycles. The molecule has 4 nitrogen and oxygen atoms in total. The predicted octanol–water partition coefficient (Wildman–Crippen LogP) is 3.37. The topological polar surface area (TPSA) is 34.0 Å². The Hall–Kier alpha value is -1.88. The number of rotatable bonds is 3. The number of aromatic nitrogens is 3. The SMILES string of the molecule is CN(Cc1cncn1C)c1ccnc2cc(Br)ccc12. The van der Waals surface area contributed by atoms with Gasteiger partial charge in [-0.3, -0.25) is 4.98 Å². The molecule has 0 aliphatic carbocycles. The molecular weight excluding hydrogens is 316 g/mol. The molecule has 0 fully saturated rings. The molecule has 2 heterocycles. The Kier molecular flexibility index (Phi) is 3.44. The Labute approximate surface area is 126 Å². The number of aryl methyl sites for hydroxylation is 1. The summed E-state index contributed by atoms with van der Waals surface area (Å²) >= 11 is 3.49. The maximum Gasteiger partial charge on any atom is 0.0946 e. The van der Waals surface area contributed by atoms with Gasteiger partial charge in [-0.25, -0.2) is 4.98 Å². The van der Waals surface area contributed by atoms with Crippen LogP contribution in [0.4, 0.5) is 5.69 Å². The molecule has 0 atom stereocenters. The third-order valence-electron chi connectivity index (χ3n) is 3.41. The number of hydrogen-bond donors (Lipinski definition) is 0. The van der Waals surface area contributed by atoms with Gasteiger partial charge in [0.2, 0.25) is 0 Å². The van der Waals surface area contributed by atoms with E-state index in [1.165, 1.54) is 11.4 Å². The number of nitrogens with zero attached hydrogens (tertiary/aromatic N) is 4. The molecule has 3 rings (SSSR count). The molecule has 0 unspecified atom stereocenters. The molecule has 0 saturated carbocycles. The number of halogens is 1. The largest absolute Gasteiger partial charge is 0.368 e. The minimum atomic E-state index is 0.811. The molecule has 0 amide bonds.